The molecule has 1 aliphatic rings. The van der Waals surface area contributed by atoms with Gasteiger partial charge in [-0.05, 0) is 19.1 Å². The summed E-state index contributed by atoms with van der Waals surface area (Å²) < 4.78 is 4.94. The topological polar surface area (TPSA) is 71.3 Å². The van der Waals surface area contributed by atoms with E-state index in [0.717, 1.165) is 11.4 Å². The summed E-state index contributed by atoms with van der Waals surface area (Å²) in [7, 11) is 0. The molecule has 1 fully saturated rings. The molecular weight excluding hydrogens is 244 g/mol. The molecule has 1 aliphatic heterocycles. The average molecular weight is 258 g/mol. The number of urea groups is 1. The van der Waals surface area contributed by atoms with Crippen LogP contribution in [-0.4, -0.2) is 34.2 Å². The Morgan fingerprint density at radius 2 is 2.32 bits per heavy atom. The SMILES string of the molecule is Cc1cc(NC(=O)N2CC(c3ccccn3)C2)on1. The maximum atomic E-state index is 11.9. The average Bonchev–Trinajstić information content (AvgIpc) is 2.74. The summed E-state index contributed by atoms with van der Waals surface area (Å²) in [5, 5.41) is 6.39. The van der Waals surface area contributed by atoms with Gasteiger partial charge in [-0.1, -0.05) is 11.2 Å². The molecule has 2 amide bonds. The Kier molecular flexibility index (Phi) is 2.91. The highest BCUT2D eigenvalue weighted by Gasteiger charge is 2.32. The van der Waals surface area contributed by atoms with Crippen molar-refractivity contribution in [3.63, 3.8) is 0 Å². The minimum Gasteiger partial charge on any atom is -0.338 e. The van der Waals surface area contributed by atoms with E-state index in [2.05, 4.69) is 15.5 Å². The fraction of sp³-hybridized carbons (Fsp3) is 0.308. The monoisotopic (exact) mass is 258 g/mol. The van der Waals surface area contributed by atoms with E-state index in [1.165, 1.54) is 0 Å². The summed E-state index contributed by atoms with van der Waals surface area (Å²) in [6, 6.07) is 7.36. The number of hydrogen-bond donors (Lipinski definition) is 1. The molecule has 1 N–H and O–H groups in total. The van der Waals surface area contributed by atoms with Crippen LogP contribution in [0.4, 0.5) is 10.7 Å². The molecule has 98 valence electrons. The van der Waals surface area contributed by atoms with E-state index in [9.17, 15) is 4.79 Å². The summed E-state index contributed by atoms with van der Waals surface area (Å²) in [5.41, 5.74) is 1.77. The molecule has 1 saturated heterocycles. The first kappa shape index (κ1) is 11.7. The first-order valence-electron chi connectivity index (χ1n) is 6.12. The second-order valence-electron chi connectivity index (χ2n) is 4.62. The summed E-state index contributed by atoms with van der Waals surface area (Å²) in [6.45, 7) is 3.16. The predicted molar refractivity (Wildman–Crippen MR) is 68.8 cm³/mol. The number of amides is 2. The smallest absolute Gasteiger partial charge is 0.324 e. The van der Waals surface area contributed by atoms with E-state index in [1.54, 1.807) is 24.1 Å². The van der Waals surface area contributed by atoms with Crippen molar-refractivity contribution in [1.82, 2.24) is 15.0 Å². The molecule has 0 aliphatic carbocycles. The summed E-state index contributed by atoms with van der Waals surface area (Å²) >= 11 is 0. The van der Waals surface area contributed by atoms with Crippen molar-refractivity contribution in [1.29, 1.82) is 0 Å². The van der Waals surface area contributed by atoms with Gasteiger partial charge in [-0.2, -0.15) is 0 Å². The molecule has 3 heterocycles. The number of aryl methyl sites for hydroxylation is 1. The first-order valence-corrected chi connectivity index (χ1v) is 6.12. The van der Waals surface area contributed by atoms with Crippen LogP contribution in [0.25, 0.3) is 0 Å². The molecule has 0 spiro atoms. The molecule has 0 saturated carbocycles. The Balaban J connectivity index is 1.54. The minimum absolute atomic E-state index is 0.164. The second kappa shape index (κ2) is 4.72. The van der Waals surface area contributed by atoms with Crippen LogP contribution in [0.15, 0.2) is 35.0 Å². The third kappa shape index (κ3) is 2.42. The van der Waals surface area contributed by atoms with Crippen LogP contribution in [0.2, 0.25) is 0 Å². The number of nitrogens with one attached hydrogen (secondary N) is 1. The lowest BCUT2D eigenvalue weighted by Gasteiger charge is -2.38. The largest absolute Gasteiger partial charge is 0.338 e. The van der Waals surface area contributed by atoms with Gasteiger partial charge >= 0.3 is 6.03 Å². The Morgan fingerprint density at radius 1 is 1.47 bits per heavy atom. The van der Waals surface area contributed by atoms with Crippen molar-refractivity contribution < 1.29 is 9.32 Å². The van der Waals surface area contributed by atoms with Gasteiger partial charge in [-0.3, -0.25) is 10.3 Å². The zero-order valence-electron chi connectivity index (χ0n) is 10.5. The molecular formula is C13H14N4O2. The third-order valence-electron chi connectivity index (χ3n) is 3.13. The van der Waals surface area contributed by atoms with Crippen LogP contribution in [0.1, 0.15) is 17.3 Å². The van der Waals surface area contributed by atoms with Gasteiger partial charge in [-0.15, -0.1) is 0 Å². The van der Waals surface area contributed by atoms with Gasteiger partial charge in [0.25, 0.3) is 0 Å². The summed E-state index contributed by atoms with van der Waals surface area (Å²) in [5.74, 6) is 0.701. The number of anilines is 1. The summed E-state index contributed by atoms with van der Waals surface area (Å²) in [4.78, 5) is 17.9. The lowest BCUT2D eigenvalue weighted by Crippen LogP contribution is -2.50. The van der Waals surface area contributed by atoms with Gasteiger partial charge < -0.3 is 9.42 Å². The van der Waals surface area contributed by atoms with Crippen molar-refractivity contribution in [2.24, 2.45) is 0 Å². The molecule has 0 bridgehead atoms. The number of aromatic nitrogens is 2. The van der Waals surface area contributed by atoms with E-state index in [4.69, 9.17) is 4.52 Å². The molecule has 0 radical (unpaired) electrons. The van der Waals surface area contributed by atoms with Crippen LogP contribution in [0.3, 0.4) is 0 Å². The van der Waals surface area contributed by atoms with Crippen molar-refractivity contribution in [3.05, 3.63) is 41.9 Å². The Labute approximate surface area is 110 Å². The van der Waals surface area contributed by atoms with E-state index >= 15 is 0 Å². The zero-order valence-corrected chi connectivity index (χ0v) is 10.5. The molecule has 2 aromatic heterocycles. The number of rotatable bonds is 2. The van der Waals surface area contributed by atoms with Gasteiger partial charge in [0.1, 0.15) is 0 Å². The molecule has 19 heavy (non-hydrogen) atoms. The van der Waals surface area contributed by atoms with Gasteiger partial charge in [0.15, 0.2) is 0 Å². The molecule has 3 rings (SSSR count). The van der Waals surface area contributed by atoms with Crippen LogP contribution >= 0.6 is 0 Å². The number of hydrogen-bond acceptors (Lipinski definition) is 4. The number of likely N-dealkylation sites (tertiary alicyclic amines) is 1. The van der Waals surface area contributed by atoms with Crippen molar-refractivity contribution in [2.75, 3.05) is 18.4 Å². The number of pyridine rings is 1. The lowest BCUT2D eigenvalue weighted by atomic mass is 9.96. The molecule has 0 aromatic carbocycles. The second-order valence-corrected chi connectivity index (χ2v) is 4.62. The Bertz CT molecular complexity index is 575. The van der Waals surface area contributed by atoms with Crippen molar-refractivity contribution in [2.45, 2.75) is 12.8 Å². The summed E-state index contributed by atoms with van der Waals surface area (Å²) in [6.07, 6.45) is 1.77. The van der Waals surface area contributed by atoms with E-state index in [1.807, 2.05) is 18.2 Å². The van der Waals surface area contributed by atoms with E-state index in [0.29, 0.717) is 24.9 Å². The van der Waals surface area contributed by atoms with E-state index < -0.39 is 0 Å². The highest BCUT2D eigenvalue weighted by atomic mass is 16.5. The number of carbonyl (C=O) groups excluding carboxylic acids is 1. The van der Waals surface area contributed by atoms with E-state index in [-0.39, 0.29) is 6.03 Å². The maximum absolute atomic E-state index is 11.9. The quantitative estimate of drug-likeness (QED) is 0.894. The maximum Gasteiger partial charge on any atom is 0.324 e. The standard InChI is InChI=1S/C13H14N4O2/c1-9-6-12(19-16-9)15-13(18)17-7-10(8-17)11-4-2-3-5-14-11/h2-6,10H,7-8H2,1H3,(H,15,18). The third-order valence-corrected chi connectivity index (χ3v) is 3.13. The normalized spacial score (nSPS) is 15.1. The van der Waals surface area contributed by atoms with Crippen molar-refractivity contribution in [3.8, 4) is 0 Å². The van der Waals surface area contributed by atoms with Crippen molar-refractivity contribution >= 4 is 11.9 Å². The molecule has 6 nitrogen and oxygen atoms in total. The highest BCUT2D eigenvalue weighted by Crippen LogP contribution is 2.25. The van der Waals surface area contributed by atoms with Gasteiger partial charge in [0, 0.05) is 37.0 Å². The first-order chi connectivity index (χ1) is 9.22. The van der Waals surface area contributed by atoms with Crippen LogP contribution < -0.4 is 5.32 Å². The van der Waals surface area contributed by atoms with Gasteiger partial charge in [-0.25, -0.2) is 4.79 Å². The Morgan fingerprint density at radius 3 is 2.95 bits per heavy atom. The molecule has 2 aromatic rings. The number of carbonyl (C=O) groups is 1. The fourth-order valence-electron chi connectivity index (χ4n) is 2.06. The minimum atomic E-state index is -0.164. The lowest BCUT2D eigenvalue weighted by molar-refractivity contribution is 0.161. The molecule has 0 atom stereocenters. The van der Waals surface area contributed by atoms with Crippen LogP contribution in [0, 0.1) is 6.92 Å². The van der Waals surface area contributed by atoms with Gasteiger partial charge in [0.05, 0.1) is 5.69 Å². The molecule has 6 heteroatoms. The highest BCUT2D eigenvalue weighted by molar-refractivity contribution is 5.88. The zero-order chi connectivity index (χ0) is 13.2. The van der Waals surface area contributed by atoms with Crippen LogP contribution in [-0.2, 0) is 0 Å². The molecule has 0 unspecified atom stereocenters. The Hall–Kier alpha value is -2.37. The number of nitrogens with zero attached hydrogens (tertiary/aromatic N) is 3. The van der Waals surface area contributed by atoms with Crippen LogP contribution in [0.5, 0.6) is 0 Å². The van der Waals surface area contributed by atoms with Gasteiger partial charge in [0.2, 0.25) is 5.88 Å². The predicted octanol–water partition coefficient (Wildman–Crippen LogP) is 2.01. The fourth-order valence-corrected chi connectivity index (χ4v) is 2.06.